The van der Waals surface area contributed by atoms with E-state index in [4.69, 9.17) is 4.84 Å². The van der Waals surface area contributed by atoms with Gasteiger partial charge >= 0.3 is 0 Å². The number of fused-ring (bicyclic) bond motifs is 5. The highest BCUT2D eigenvalue weighted by Gasteiger charge is 2.59. The van der Waals surface area contributed by atoms with E-state index in [0.717, 1.165) is 16.9 Å². The van der Waals surface area contributed by atoms with Gasteiger partial charge in [-0.3, -0.25) is 24.1 Å². The predicted octanol–water partition coefficient (Wildman–Crippen LogP) is 1.04. The highest BCUT2D eigenvalue weighted by Crippen LogP contribution is 2.52. The number of hydrogen-bond donors (Lipinski definition) is 1. The van der Waals surface area contributed by atoms with Gasteiger partial charge in [0.2, 0.25) is 11.8 Å². The molecule has 4 rings (SSSR count). The average molecular weight is 326 g/mol. The Bertz CT molecular complexity index is 685. The van der Waals surface area contributed by atoms with Crippen LogP contribution >= 0.6 is 0 Å². The predicted molar refractivity (Wildman–Crippen MR) is 83.8 cm³/mol. The number of rotatable bonds is 5. The normalized spacial score (nSPS) is 30.1. The van der Waals surface area contributed by atoms with Crippen LogP contribution in [0.2, 0.25) is 0 Å². The summed E-state index contributed by atoms with van der Waals surface area (Å²) in [5, 5.41) is 0. The van der Waals surface area contributed by atoms with E-state index in [9.17, 15) is 14.4 Å². The molecule has 24 heavy (non-hydrogen) atoms. The van der Waals surface area contributed by atoms with Crippen LogP contribution in [-0.4, -0.2) is 29.2 Å². The zero-order valence-electron chi connectivity index (χ0n) is 13.1. The summed E-state index contributed by atoms with van der Waals surface area (Å²) in [6.07, 6.45) is 4.94. The first-order valence-electron chi connectivity index (χ1n) is 8.13. The van der Waals surface area contributed by atoms with Crippen molar-refractivity contribution >= 4 is 17.7 Å². The molecule has 0 spiro atoms. The number of carbonyl (C=O) groups is 3. The van der Waals surface area contributed by atoms with Crippen LogP contribution in [0.15, 0.2) is 42.5 Å². The maximum atomic E-state index is 12.5. The summed E-state index contributed by atoms with van der Waals surface area (Å²) in [4.78, 5) is 43.2. The van der Waals surface area contributed by atoms with Gasteiger partial charge in [-0.2, -0.15) is 0 Å². The number of hydroxylamine groups is 1. The largest absolute Gasteiger partial charge is 0.274 e. The van der Waals surface area contributed by atoms with E-state index in [2.05, 4.69) is 5.48 Å². The van der Waals surface area contributed by atoms with E-state index in [1.54, 1.807) is 0 Å². The number of hydrogen-bond acceptors (Lipinski definition) is 4. The summed E-state index contributed by atoms with van der Waals surface area (Å²) in [5.41, 5.74) is 3.22. The molecule has 1 aromatic rings. The van der Waals surface area contributed by atoms with Gasteiger partial charge in [0, 0.05) is 0 Å². The monoisotopic (exact) mass is 326 g/mol. The molecule has 1 aromatic carbocycles. The topological polar surface area (TPSA) is 75.7 Å². The first-order chi connectivity index (χ1) is 11.6. The summed E-state index contributed by atoms with van der Waals surface area (Å²) >= 11 is 0. The molecule has 3 amide bonds. The highest BCUT2D eigenvalue weighted by molar-refractivity contribution is 6.08. The highest BCUT2D eigenvalue weighted by atomic mass is 16.6. The molecule has 1 N–H and O–H groups in total. The lowest BCUT2D eigenvalue weighted by atomic mass is 9.85. The lowest BCUT2D eigenvalue weighted by molar-refractivity contribution is -0.148. The number of nitrogens with one attached hydrogen (secondary N) is 1. The van der Waals surface area contributed by atoms with Gasteiger partial charge in [0.25, 0.3) is 5.91 Å². The molecule has 1 saturated carbocycles. The molecule has 2 fully saturated rings. The lowest BCUT2D eigenvalue weighted by Crippen LogP contribution is -2.41. The Morgan fingerprint density at radius 2 is 1.71 bits per heavy atom. The van der Waals surface area contributed by atoms with Gasteiger partial charge in [0.15, 0.2) is 0 Å². The van der Waals surface area contributed by atoms with Crippen molar-refractivity contribution in [2.75, 3.05) is 6.54 Å². The summed E-state index contributed by atoms with van der Waals surface area (Å²) in [6, 6.07) is 9.41. The second-order valence-corrected chi connectivity index (χ2v) is 6.56. The van der Waals surface area contributed by atoms with Crippen molar-refractivity contribution in [1.29, 1.82) is 0 Å². The van der Waals surface area contributed by atoms with E-state index < -0.39 is 5.91 Å². The van der Waals surface area contributed by atoms with E-state index in [-0.39, 0.29) is 48.6 Å². The maximum Gasteiger partial charge on any atom is 0.263 e. The van der Waals surface area contributed by atoms with Crippen LogP contribution in [-0.2, 0) is 25.8 Å². The van der Waals surface area contributed by atoms with Crippen molar-refractivity contribution in [2.24, 2.45) is 23.7 Å². The molecule has 0 radical (unpaired) electrons. The molecule has 2 aliphatic carbocycles. The Balaban J connectivity index is 1.32. The summed E-state index contributed by atoms with van der Waals surface area (Å²) < 4.78 is 0. The van der Waals surface area contributed by atoms with Crippen molar-refractivity contribution in [3.63, 3.8) is 0 Å². The molecular formula is C18H18N2O4. The molecule has 1 heterocycles. The third-order valence-electron chi connectivity index (χ3n) is 5.13. The average Bonchev–Trinajstić information content (AvgIpc) is 3.26. The Labute approximate surface area is 139 Å². The smallest absolute Gasteiger partial charge is 0.263 e. The molecule has 6 nitrogen and oxygen atoms in total. The third-order valence-corrected chi connectivity index (χ3v) is 5.13. The number of carbonyl (C=O) groups excluding carboxylic acids is 3. The third kappa shape index (κ3) is 2.43. The Hall–Kier alpha value is -2.47. The lowest BCUT2D eigenvalue weighted by Gasteiger charge is -2.16. The molecule has 3 aliphatic rings. The number of likely N-dealkylation sites (tertiary alicyclic amines) is 1. The molecule has 0 aromatic heterocycles. The zero-order valence-corrected chi connectivity index (χ0v) is 13.1. The second kappa shape index (κ2) is 5.87. The fourth-order valence-corrected chi connectivity index (χ4v) is 4.07. The molecule has 2 bridgehead atoms. The minimum Gasteiger partial charge on any atom is -0.274 e. The number of nitrogens with zero attached hydrogens (tertiary/aromatic N) is 1. The van der Waals surface area contributed by atoms with E-state index in [1.807, 2.05) is 42.5 Å². The standard InChI is InChI=1S/C18H18N2O4/c21-14(19-24-10-11-4-2-1-3-5-11)9-20-17(22)15-12-6-7-13(8-12)16(15)18(20)23/h1-7,12-13,15-16H,8-10H2,(H,19,21)/t12-,13+,15-,16+. The minimum atomic E-state index is -0.493. The molecule has 4 atom stereocenters. The fourth-order valence-electron chi connectivity index (χ4n) is 4.07. The van der Waals surface area contributed by atoms with Crippen LogP contribution in [0.4, 0.5) is 0 Å². The first kappa shape index (κ1) is 15.1. The van der Waals surface area contributed by atoms with E-state index in [1.165, 1.54) is 0 Å². The number of imide groups is 1. The summed E-state index contributed by atoms with van der Waals surface area (Å²) in [7, 11) is 0. The maximum absolute atomic E-state index is 12.5. The van der Waals surface area contributed by atoms with Gasteiger partial charge < -0.3 is 0 Å². The second-order valence-electron chi connectivity index (χ2n) is 6.56. The van der Waals surface area contributed by atoms with Crippen LogP contribution in [0.5, 0.6) is 0 Å². The minimum absolute atomic E-state index is 0.152. The van der Waals surface area contributed by atoms with Crippen LogP contribution < -0.4 is 5.48 Å². The zero-order chi connectivity index (χ0) is 16.7. The molecule has 124 valence electrons. The molecule has 1 aliphatic heterocycles. The number of benzene rings is 1. The Morgan fingerprint density at radius 1 is 1.08 bits per heavy atom. The molecule has 6 heteroatoms. The van der Waals surface area contributed by atoms with Crippen LogP contribution in [0, 0.1) is 23.7 Å². The molecular weight excluding hydrogens is 308 g/mol. The molecule has 0 unspecified atom stereocenters. The van der Waals surface area contributed by atoms with Gasteiger partial charge in [-0.15, -0.1) is 0 Å². The van der Waals surface area contributed by atoms with Gasteiger partial charge in [-0.1, -0.05) is 42.5 Å². The summed E-state index contributed by atoms with van der Waals surface area (Å²) in [6.45, 7) is -0.0489. The summed E-state index contributed by atoms with van der Waals surface area (Å²) in [5.74, 6) is -1.18. The van der Waals surface area contributed by atoms with E-state index >= 15 is 0 Å². The van der Waals surface area contributed by atoms with Crippen LogP contribution in [0.25, 0.3) is 0 Å². The molecule has 1 saturated heterocycles. The SMILES string of the molecule is O=C(CN1C(=O)[C@@H]2[C@H](C1=O)[C@@H]1C=C[C@H]2C1)NOCc1ccccc1. The quantitative estimate of drug-likeness (QED) is 0.498. The van der Waals surface area contributed by atoms with Crippen molar-refractivity contribution in [1.82, 2.24) is 10.4 Å². The number of allylic oxidation sites excluding steroid dienone is 2. The van der Waals surface area contributed by atoms with Crippen molar-refractivity contribution in [3.05, 3.63) is 48.0 Å². The van der Waals surface area contributed by atoms with E-state index in [0.29, 0.717) is 0 Å². The van der Waals surface area contributed by atoms with Crippen LogP contribution in [0.1, 0.15) is 12.0 Å². The van der Waals surface area contributed by atoms with Gasteiger partial charge in [-0.25, -0.2) is 5.48 Å². The van der Waals surface area contributed by atoms with Crippen molar-refractivity contribution in [2.45, 2.75) is 13.0 Å². The van der Waals surface area contributed by atoms with Gasteiger partial charge in [-0.05, 0) is 23.8 Å². The van der Waals surface area contributed by atoms with Gasteiger partial charge in [0.05, 0.1) is 18.4 Å². The van der Waals surface area contributed by atoms with Crippen molar-refractivity contribution < 1.29 is 19.2 Å². The van der Waals surface area contributed by atoms with Crippen molar-refractivity contribution in [3.8, 4) is 0 Å². The number of amides is 3. The van der Waals surface area contributed by atoms with Crippen LogP contribution in [0.3, 0.4) is 0 Å². The Kier molecular flexibility index (Phi) is 3.69. The Morgan fingerprint density at radius 3 is 2.33 bits per heavy atom. The fraction of sp³-hybridized carbons (Fsp3) is 0.389. The first-order valence-corrected chi connectivity index (χ1v) is 8.13. The van der Waals surface area contributed by atoms with Gasteiger partial charge in [0.1, 0.15) is 6.54 Å².